The summed E-state index contributed by atoms with van der Waals surface area (Å²) in [7, 11) is 0. The standard InChI is InChI=1S/C18H25N3O2/c22-18(20-11-13-3-4-13)15-8-16-17(9-15)23-7-6-21(16)12-14-2-1-5-19-10-14/h1-2,5,10,13,15-17H,3-4,6-9,11-12H2,(H,20,22)/t15-,16+,17+/m1/s1. The smallest absolute Gasteiger partial charge is 0.223 e. The van der Waals surface area contributed by atoms with E-state index in [9.17, 15) is 4.79 Å². The number of hydrogen-bond acceptors (Lipinski definition) is 4. The summed E-state index contributed by atoms with van der Waals surface area (Å²) < 4.78 is 5.95. The Bertz CT molecular complexity index is 546. The molecule has 5 nitrogen and oxygen atoms in total. The lowest BCUT2D eigenvalue weighted by atomic mass is 10.1. The van der Waals surface area contributed by atoms with Gasteiger partial charge < -0.3 is 10.1 Å². The van der Waals surface area contributed by atoms with Crippen molar-refractivity contribution >= 4 is 5.91 Å². The molecule has 0 radical (unpaired) electrons. The van der Waals surface area contributed by atoms with Crippen molar-refractivity contribution in [2.24, 2.45) is 11.8 Å². The predicted molar refractivity (Wildman–Crippen MR) is 86.6 cm³/mol. The normalized spacial score (nSPS) is 30.9. The number of rotatable bonds is 5. The zero-order valence-corrected chi connectivity index (χ0v) is 13.5. The molecule has 124 valence electrons. The lowest BCUT2D eigenvalue weighted by molar-refractivity contribution is -0.125. The number of nitrogens with zero attached hydrogens (tertiary/aromatic N) is 2. The molecule has 0 aromatic carbocycles. The Morgan fingerprint density at radius 3 is 3.09 bits per heavy atom. The van der Waals surface area contributed by atoms with E-state index in [1.54, 1.807) is 6.20 Å². The Kier molecular flexibility index (Phi) is 4.31. The highest BCUT2D eigenvalue weighted by molar-refractivity contribution is 5.79. The van der Waals surface area contributed by atoms with Crippen LogP contribution in [-0.4, -0.2) is 47.6 Å². The third kappa shape index (κ3) is 3.56. The Hall–Kier alpha value is -1.46. The van der Waals surface area contributed by atoms with Gasteiger partial charge in [0.2, 0.25) is 5.91 Å². The van der Waals surface area contributed by atoms with E-state index in [4.69, 9.17) is 4.74 Å². The lowest BCUT2D eigenvalue weighted by Gasteiger charge is -2.37. The van der Waals surface area contributed by atoms with Crippen LogP contribution in [0.15, 0.2) is 24.5 Å². The van der Waals surface area contributed by atoms with Gasteiger partial charge in [-0.15, -0.1) is 0 Å². The Labute approximate surface area is 137 Å². The van der Waals surface area contributed by atoms with Crippen LogP contribution in [0.5, 0.6) is 0 Å². The first-order chi connectivity index (χ1) is 11.3. The number of morpholine rings is 1. The second-order valence-corrected chi connectivity index (χ2v) is 7.17. The zero-order valence-electron chi connectivity index (χ0n) is 13.5. The van der Waals surface area contributed by atoms with Crippen molar-refractivity contribution in [3.63, 3.8) is 0 Å². The summed E-state index contributed by atoms with van der Waals surface area (Å²) in [6.45, 7) is 3.46. The van der Waals surface area contributed by atoms with Gasteiger partial charge in [-0.3, -0.25) is 14.7 Å². The SMILES string of the molecule is O=C(NCC1CC1)[C@H]1C[C@@H]2OCCN(Cc3cccnc3)[C@H]2C1. The largest absolute Gasteiger partial charge is 0.375 e. The third-order valence-electron chi connectivity index (χ3n) is 5.39. The van der Waals surface area contributed by atoms with Crippen molar-refractivity contribution in [1.29, 1.82) is 0 Å². The summed E-state index contributed by atoms with van der Waals surface area (Å²) in [5, 5.41) is 3.14. The molecule has 1 aromatic heterocycles. The number of pyridine rings is 1. The van der Waals surface area contributed by atoms with Crippen LogP contribution in [0.25, 0.3) is 0 Å². The van der Waals surface area contributed by atoms with E-state index >= 15 is 0 Å². The maximum Gasteiger partial charge on any atom is 0.223 e. The van der Waals surface area contributed by atoms with Gasteiger partial charge in [0.1, 0.15) is 0 Å². The number of aromatic nitrogens is 1. The zero-order chi connectivity index (χ0) is 15.6. The molecule has 3 atom stereocenters. The number of carbonyl (C=O) groups is 1. The second kappa shape index (κ2) is 6.57. The second-order valence-electron chi connectivity index (χ2n) is 7.17. The van der Waals surface area contributed by atoms with Crippen LogP contribution in [0.2, 0.25) is 0 Å². The molecule has 4 rings (SSSR count). The van der Waals surface area contributed by atoms with Gasteiger partial charge in [-0.05, 0) is 43.2 Å². The minimum Gasteiger partial charge on any atom is -0.375 e. The fraction of sp³-hybridized carbons (Fsp3) is 0.667. The monoisotopic (exact) mass is 315 g/mol. The fourth-order valence-corrected chi connectivity index (χ4v) is 3.88. The summed E-state index contributed by atoms with van der Waals surface area (Å²) in [5.74, 6) is 1.08. The van der Waals surface area contributed by atoms with E-state index in [0.717, 1.165) is 45.0 Å². The maximum absolute atomic E-state index is 12.4. The number of nitrogens with one attached hydrogen (secondary N) is 1. The fourth-order valence-electron chi connectivity index (χ4n) is 3.88. The van der Waals surface area contributed by atoms with Crippen LogP contribution in [-0.2, 0) is 16.1 Å². The minimum absolute atomic E-state index is 0.109. The van der Waals surface area contributed by atoms with Crippen molar-refractivity contribution < 1.29 is 9.53 Å². The first-order valence-corrected chi connectivity index (χ1v) is 8.82. The molecule has 1 aliphatic heterocycles. The third-order valence-corrected chi connectivity index (χ3v) is 5.39. The number of fused-ring (bicyclic) bond motifs is 1. The first-order valence-electron chi connectivity index (χ1n) is 8.82. The molecule has 2 heterocycles. The molecule has 1 aromatic rings. The van der Waals surface area contributed by atoms with Crippen LogP contribution >= 0.6 is 0 Å². The maximum atomic E-state index is 12.4. The van der Waals surface area contributed by atoms with Gasteiger partial charge >= 0.3 is 0 Å². The average Bonchev–Trinajstić information content (AvgIpc) is 3.30. The number of amides is 1. The highest BCUT2D eigenvalue weighted by atomic mass is 16.5. The average molecular weight is 315 g/mol. The minimum atomic E-state index is 0.109. The molecule has 0 bridgehead atoms. The number of ether oxygens (including phenoxy) is 1. The Balaban J connectivity index is 1.36. The molecule has 2 aliphatic carbocycles. The van der Waals surface area contributed by atoms with Gasteiger partial charge in [0.25, 0.3) is 0 Å². The molecule has 3 fully saturated rings. The van der Waals surface area contributed by atoms with Gasteiger partial charge in [-0.1, -0.05) is 6.07 Å². The van der Waals surface area contributed by atoms with Gasteiger partial charge in [0.05, 0.1) is 12.7 Å². The van der Waals surface area contributed by atoms with Crippen LogP contribution in [0.1, 0.15) is 31.2 Å². The molecule has 1 amide bonds. The van der Waals surface area contributed by atoms with E-state index in [1.165, 1.54) is 18.4 Å². The van der Waals surface area contributed by atoms with Crippen molar-refractivity contribution in [3.8, 4) is 0 Å². The van der Waals surface area contributed by atoms with Crippen LogP contribution in [0.4, 0.5) is 0 Å². The van der Waals surface area contributed by atoms with Crippen molar-refractivity contribution in [2.75, 3.05) is 19.7 Å². The summed E-state index contributed by atoms with van der Waals surface area (Å²) in [4.78, 5) is 19.1. The highest BCUT2D eigenvalue weighted by Gasteiger charge is 2.43. The van der Waals surface area contributed by atoms with Gasteiger partial charge in [-0.2, -0.15) is 0 Å². The molecule has 1 saturated heterocycles. The van der Waals surface area contributed by atoms with Crippen molar-refractivity contribution in [3.05, 3.63) is 30.1 Å². The summed E-state index contributed by atoms with van der Waals surface area (Å²) in [6.07, 6.45) is 8.28. The van der Waals surface area contributed by atoms with E-state index in [0.29, 0.717) is 6.04 Å². The Morgan fingerprint density at radius 2 is 2.30 bits per heavy atom. The molecule has 1 N–H and O–H groups in total. The molecule has 5 heteroatoms. The topological polar surface area (TPSA) is 54.5 Å². The Morgan fingerprint density at radius 1 is 1.39 bits per heavy atom. The van der Waals surface area contributed by atoms with Gasteiger partial charge in [0.15, 0.2) is 0 Å². The van der Waals surface area contributed by atoms with Gasteiger partial charge in [0, 0.05) is 44.0 Å². The lowest BCUT2D eigenvalue weighted by Crippen LogP contribution is -2.47. The quantitative estimate of drug-likeness (QED) is 0.896. The van der Waals surface area contributed by atoms with Crippen molar-refractivity contribution in [2.45, 2.75) is 44.4 Å². The molecule has 23 heavy (non-hydrogen) atoms. The van der Waals surface area contributed by atoms with Gasteiger partial charge in [-0.25, -0.2) is 0 Å². The molecule has 2 saturated carbocycles. The molecule has 3 aliphatic rings. The van der Waals surface area contributed by atoms with Crippen LogP contribution < -0.4 is 5.32 Å². The molecular formula is C18H25N3O2. The predicted octanol–water partition coefficient (Wildman–Crippen LogP) is 1.59. The van der Waals surface area contributed by atoms with Crippen molar-refractivity contribution in [1.82, 2.24) is 15.2 Å². The van der Waals surface area contributed by atoms with E-state index < -0.39 is 0 Å². The van der Waals surface area contributed by atoms with E-state index in [2.05, 4.69) is 21.3 Å². The summed E-state index contributed by atoms with van der Waals surface area (Å²) in [5.41, 5.74) is 1.23. The van der Waals surface area contributed by atoms with Crippen LogP contribution in [0.3, 0.4) is 0 Å². The number of hydrogen-bond donors (Lipinski definition) is 1. The molecular weight excluding hydrogens is 290 g/mol. The summed E-state index contributed by atoms with van der Waals surface area (Å²) >= 11 is 0. The highest BCUT2D eigenvalue weighted by Crippen LogP contribution is 2.35. The molecule has 0 unspecified atom stereocenters. The number of carbonyl (C=O) groups excluding carboxylic acids is 1. The van der Waals surface area contributed by atoms with E-state index in [-0.39, 0.29) is 17.9 Å². The van der Waals surface area contributed by atoms with E-state index in [1.807, 2.05) is 12.3 Å². The van der Waals surface area contributed by atoms with Crippen LogP contribution in [0, 0.1) is 11.8 Å². The summed E-state index contributed by atoms with van der Waals surface area (Å²) in [6, 6.07) is 4.46. The molecule has 0 spiro atoms. The first kappa shape index (κ1) is 15.1.